The van der Waals surface area contributed by atoms with Crippen LogP contribution in [0.1, 0.15) is 57.4 Å². The fourth-order valence-electron chi connectivity index (χ4n) is 4.79. The second kappa shape index (κ2) is 10.9. The predicted molar refractivity (Wildman–Crippen MR) is 133 cm³/mol. The van der Waals surface area contributed by atoms with Crippen molar-refractivity contribution >= 4 is 5.57 Å². The third-order valence-corrected chi connectivity index (χ3v) is 6.85. The number of rotatable bonds is 8. The summed E-state index contributed by atoms with van der Waals surface area (Å²) in [6.45, 7) is 2.22. The Hall–Kier alpha value is -3.01. The van der Waals surface area contributed by atoms with E-state index in [0.717, 1.165) is 41.9 Å². The molecule has 4 rings (SSSR count). The topological polar surface area (TPSA) is 9.23 Å². The summed E-state index contributed by atoms with van der Waals surface area (Å²) in [5.74, 6) is -1.59. The average Bonchev–Trinajstić information content (AvgIpc) is 2.86. The molecule has 3 aromatic carbocycles. The van der Waals surface area contributed by atoms with Gasteiger partial charge in [0.1, 0.15) is 5.82 Å². The standard InChI is InChI=1S/C30H31F3O/c1-3-4-5-6-20-7-9-22(10-8-20)25-16-15-24(19-27(25)31)21-11-13-23(14-12-21)26-17-18-28(34-2)30(33)29(26)32/h9,11-20H,3-8,10H2,1-2H3. The van der Waals surface area contributed by atoms with Gasteiger partial charge in [-0.05, 0) is 65.6 Å². The minimum Gasteiger partial charge on any atom is -0.494 e. The summed E-state index contributed by atoms with van der Waals surface area (Å²) in [4.78, 5) is 0. The molecule has 1 nitrogen and oxygen atoms in total. The van der Waals surface area contributed by atoms with E-state index in [9.17, 15) is 8.78 Å². The van der Waals surface area contributed by atoms with Crippen LogP contribution in [0.4, 0.5) is 13.2 Å². The molecule has 0 radical (unpaired) electrons. The smallest absolute Gasteiger partial charge is 0.201 e. The van der Waals surface area contributed by atoms with Crippen LogP contribution < -0.4 is 4.74 Å². The van der Waals surface area contributed by atoms with Crippen molar-refractivity contribution in [1.82, 2.24) is 0 Å². The lowest BCUT2D eigenvalue weighted by Gasteiger charge is -2.22. The zero-order chi connectivity index (χ0) is 24.1. The van der Waals surface area contributed by atoms with Crippen LogP contribution in [-0.2, 0) is 0 Å². The first kappa shape index (κ1) is 24.1. The Kier molecular flexibility index (Phi) is 7.77. The molecule has 178 valence electrons. The van der Waals surface area contributed by atoms with Crippen LogP contribution in [0, 0.1) is 23.4 Å². The minimum absolute atomic E-state index is 0.131. The normalized spacial score (nSPS) is 15.8. The van der Waals surface area contributed by atoms with Gasteiger partial charge in [-0.25, -0.2) is 8.78 Å². The number of allylic oxidation sites excluding steroid dienone is 2. The molecule has 0 spiro atoms. The Balaban J connectivity index is 1.49. The molecule has 1 aliphatic rings. The van der Waals surface area contributed by atoms with E-state index >= 15 is 4.39 Å². The van der Waals surface area contributed by atoms with Crippen molar-refractivity contribution in [2.45, 2.75) is 51.9 Å². The molecule has 1 unspecified atom stereocenters. The Morgan fingerprint density at radius 1 is 0.824 bits per heavy atom. The molecule has 4 heteroatoms. The van der Waals surface area contributed by atoms with Crippen LogP contribution in [-0.4, -0.2) is 7.11 Å². The second-order valence-corrected chi connectivity index (χ2v) is 9.08. The van der Waals surface area contributed by atoms with Gasteiger partial charge in [-0.1, -0.05) is 75.1 Å². The third-order valence-electron chi connectivity index (χ3n) is 6.85. The van der Waals surface area contributed by atoms with Crippen molar-refractivity contribution in [1.29, 1.82) is 0 Å². The quantitative estimate of drug-likeness (QED) is 0.302. The molecule has 0 aliphatic heterocycles. The maximum atomic E-state index is 15.0. The Bertz CT molecular complexity index is 1160. The fourth-order valence-corrected chi connectivity index (χ4v) is 4.79. The summed E-state index contributed by atoms with van der Waals surface area (Å²) in [6, 6.07) is 15.3. The highest BCUT2D eigenvalue weighted by Gasteiger charge is 2.18. The van der Waals surface area contributed by atoms with E-state index in [1.54, 1.807) is 30.3 Å². The molecule has 34 heavy (non-hydrogen) atoms. The minimum atomic E-state index is -1.01. The second-order valence-electron chi connectivity index (χ2n) is 9.08. The molecular weight excluding hydrogens is 433 g/mol. The Morgan fingerprint density at radius 2 is 1.53 bits per heavy atom. The van der Waals surface area contributed by atoms with E-state index in [1.165, 1.54) is 44.9 Å². The number of benzene rings is 3. The molecule has 0 amide bonds. The molecule has 0 heterocycles. The predicted octanol–water partition coefficient (Wildman–Crippen LogP) is 9.21. The molecule has 3 aromatic rings. The number of methoxy groups -OCH3 is 1. The van der Waals surface area contributed by atoms with Crippen LogP contribution in [0.2, 0.25) is 0 Å². The summed E-state index contributed by atoms with van der Waals surface area (Å²) in [6.07, 6.45) is 10.4. The van der Waals surface area contributed by atoms with Gasteiger partial charge in [0.2, 0.25) is 5.82 Å². The Labute approximate surface area is 200 Å². The first-order chi connectivity index (χ1) is 16.5. The third kappa shape index (κ3) is 5.22. The molecule has 1 atom stereocenters. The van der Waals surface area contributed by atoms with Crippen LogP contribution in [0.3, 0.4) is 0 Å². The molecule has 0 aromatic heterocycles. The monoisotopic (exact) mass is 464 g/mol. The van der Waals surface area contributed by atoms with Gasteiger partial charge in [0.05, 0.1) is 7.11 Å². The number of ether oxygens (including phenoxy) is 1. The highest BCUT2D eigenvalue weighted by molar-refractivity contribution is 5.74. The summed E-state index contributed by atoms with van der Waals surface area (Å²) in [5, 5.41) is 0. The zero-order valence-electron chi connectivity index (χ0n) is 19.8. The van der Waals surface area contributed by atoms with Gasteiger partial charge in [0.15, 0.2) is 11.6 Å². The van der Waals surface area contributed by atoms with E-state index in [1.807, 2.05) is 12.1 Å². The van der Waals surface area contributed by atoms with Gasteiger partial charge in [0.25, 0.3) is 0 Å². The van der Waals surface area contributed by atoms with E-state index in [4.69, 9.17) is 4.74 Å². The van der Waals surface area contributed by atoms with E-state index in [-0.39, 0.29) is 17.1 Å². The summed E-state index contributed by atoms with van der Waals surface area (Å²) < 4.78 is 48.4. The lowest BCUT2D eigenvalue weighted by molar-refractivity contribution is 0.372. The van der Waals surface area contributed by atoms with Crippen LogP contribution in [0.25, 0.3) is 27.8 Å². The maximum absolute atomic E-state index is 15.0. The van der Waals surface area contributed by atoms with Gasteiger partial charge >= 0.3 is 0 Å². The molecule has 0 bridgehead atoms. The molecule has 0 saturated heterocycles. The maximum Gasteiger partial charge on any atom is 0.201 e. The highest BCUT2D eigenvalue weighted by Crippen LogP contribution is 2.36. The fraction of sp³-hybridized carbons (Fsp3) is 0.333. The Morgan fingerprint density at radius 3 is 2.18 bits per heavy atom. The zero-order valence-corrected chi connectivity index (χ0v) is 19.8. The van der Waals surface area contributed by atoms with Crippen LogP contribution in [0.5, 0.6) is 5.75 Å². The van der Waals surface area contributed by atoms with E-state index < -0.39 is 11.6 Å². The molecular formula is C30H31F3O. The number of hydrogen-bond acceptors (Lipinski definition) is 1. The molecule has 0 N–H and O–H groups in total. The molecule has 0 saturated carbocycles. The largest absolute Gasteiger partial charge is 0.494 e. The molecule has 0 fully saturated rings. The van der Waals surface area contributed by atoms with Gasteiger partial charge in [-0.2, -0.15) is 4.39 Å². The van der Waals surface area contributed by atoms with E-state index in [0.29, 0.717) is 11.1 Å². The van der Waals surface area contributed by atoms with Gasteiger partial charge in [0, 0.05) is 11.1 Å². The number of hydrogen-bond donors (Lipinski definition) is 0. The summed E-state index contributed by atoms with van der Waals surface area (Å²) in [5.41, 5.74) is 4.05. The average molecular weight is 465 g/mol. The molecule has 1 aliphatic carbocycles. The first-order valence-corrected chi connectivity index (χ1v) is 12.1. The van der Waals surface area contributed by atoms with Crippen LogP contribution >= 0.6 is 0 Å². The first-order valence-electron chi connectivity index (χ1n) is 12.1. The van der Waals surface area contributed by atoms with E-state index in [2.05, 4.69) is 13.0 Å². The van der Waals surface area contributed by atoms with Gasteiger partial charge in [-0.3, -0.25) is 0 Å². The highest BCUT2D eigenvalue weighted by atomic mass is 19.2. The van der Waals surface area contributed by atoms with Crippen LogP contribution in [0.15, 0.2) is 60.7 Å². The SMILES string of the molecule is CCCCCC1CC=C(c2ccc(-c3ccc(-c4ccc(OC)c(F)c4F)cc3)cc2F)CC1. The van der Waals surface area contributed by atoms with Crippen molar-refractivity contribution in [2.75, 3.05) is 7.11 Å². The number of unbranched alkanes of at least 4 members (excludes halogenated alkanes) is 2. The van der Waals surface area contributed by atoms with Crippen molar-refractivity contribution in [3.63, 3.8) is 0 Å². The van der Waals surface area contributed by atoms with Crippen molar-refractivity contribution in [2.24, 2.45) is 5.92 Å². The lowest BCUT2D eigenvalue weighted by Crippen LogP contribution is -2.06. The van der Waals surface area contributed by atoms with Gasteiger partial charge in [-0.15, -0.1) is 0 Å². The van der Waals surface area contributed by atoms with Crippen molar-refractivity contribution in [3.05, 3.63) is 83.7 Å². The van der Waals surface area contributed by atoms with Crippen molar-refractivity contribution < 1.29 is 17.9 Å². The summed E-state index contributed by atoms with van der Waals surface area (Å²) in [7, 11) is 1.30. The lowest BCUT2D eigenvalue weighted by atomic mass is 9.83. The summed E-state index contributed by atoms with van der Waals surface area (Å²) >= 11 is 0. The van der Waals surface area contributed by atoms with Crippen molar-refractivity contribution in [3.8, 4) is 28.0 Å². The number of halogens is 3. The van der Waals surface area contributed by atoms with Gasteiger partial charge < -0.3 is 4.74 Å².